The summed E-state index contributed by atoms with van der Waals surface area (Å²) in [6.45, 7) is 1.74. The average molecular weight is 102 g/mol. The fraction of sp³-hybridized carbons (Fsp3) is 1.00. The largest absolute Gasteiger partial charge is 0.389 e. The molecular weight excluding hydrogens is 92.1 g/mol. The molecule has 3 atom stereocenters. The van der Waals surface area contributed by atoms with E-state index in [1.165, 1.54) is 0 Å². The van der Waals surface area contributed by atoms with Gasteiger partial charge in [0.05, 0.1) is 17.7 Å². The molecule has 0 spiro atoms. The van der Waals surface area contributed by atoms with Crippen LogP contribution in [0, 0.1) is 0 Å². The van der Waals surface area contributed by atoms with E-state index in [1.807, 2.05) is 0 Å². The van der Waals surface area contributed by atoms with Crippen molar-refractivity contribution in [3.63, 3.8) is 0 Å². The molecule has 1 aliphatic rings. The van der Waals surface area contributed by atoms with Crippen molar-refractivity contribution < 1.29 is 5.11 Å². The number of aliphatic hydroxyl groups excluding tert-OH is 1. The predicted molar refractivity (Wildman–Crippen MR) is 26.6 cm³/mol. The van der Waals surface area contributed by atoms with Gasteiger partial charge in [-0.15, -0.1) is 0 Å². The van der Waals surface area contributed by atoms with Crippen molar-refractivity contribution in [1.82, 2.24) is 0 Å². The third-order valence-corrected chi connectivity index (χ3v) is 1.59. The summed E-state index contributed by atoms with van der Waals surface area (Å²) in [5, 5.41) is 8.71. The van der Waals surface area contributed by atoms with Gasteiger partial charge in [0.2, 0.25) is 0 Å². The summed E-state index contributed by atoms with van der Waals surface area (Å²) in [6.07, 6.45) is -0.479. The molecule has 3 heteroatoms. The molecule has 0 aromatic rings. The summed E-state index contributed by atoms with van der Waals surface area (Å²) >= 11 is 0. The maximum Gasteiger partial charge on any atom is 0.0902 e. The standard InChI is InChI=1S/C4H10N2O/c1-4(6)2(5)3(4)7/h2-3,7H,5-6H2,1H3. The van der Waals surface area contributed by atoms with Crippen molar-refractivity contribution in [1.29, 1.82) is 0 Å². The lowest BCUT2D eigenvalue weighted by molar-refractivity contribution is 0.250. The Bertz CT molecular complexity index is 81.7. The maximum absolute atomic E-state index is 8.71. The van der Waals surface area contributed by atoms with E-state index in [2.05, 4.69) is 0 Å². The van der Waals surface area contributed by atoms with Crippen LogP contribution >= 0.6 is 0 Å². The molecule has 1 saturated carbocycles. The lowest BCUT2D eigenvalue weighted by Crippen LogP contribution is -2.27. The zero-order valence-corrected chi connectivity index (χ0v) is 4.26. The molecule has 0 bridgehead atoms. The molecule has 1 rings (SSSR count). The Morgan fingerprint density at radius 1 is 1.71 bits per heavy atom. The SMILES string of the molecule is CC1(N)C(N)C1O. The highest BCUT2D eigenvalue weighted by Gasteiger charge is 2.55. The van der Waals surface area contributed by atoms with Crippen LogP contribution in [0.4, 0.5) is 0 Å². The molecule has 0 aromatic carbocycles. The van der Waals surface area contributed by atoms with Gasteiger partial charge in [-0.05, 0) is 6.92 Å². The Morgan fingerprint density at radius 2 is 1.86 bits per heavy atom. The van der Waals surface area contributed by atoms with Crippen LogP contribution in [-0.4, -0.2) is 22.8 Å². The second kappa shape index (κ2) is 0.992. The van der Waals surface area contributed by atoms with Crippen LogP contribution in [0.2, 0.25) is 0 Å². The highest BCUT2D eigenvalue weighted by atomic mass is 16.3. The van der Waals surface area contributed by atoms with E-state index in [-0.39, 0.29) is 6.04 Å². The van der Waals surface area contributed by atoms with Crippen LogP contribution in [0.15, 0.2) is 0 Å². The van der Waals surface area contributed by atoms with Gasteiger partial charge >= 0.3 is 0 Å². The highest BCUT2D eigenvalue weighted by Crippen LogP contribution is 2.30. The fourth-order valence-electron chi connectivity index (χ4n) is 0.542. The molecule has 42 valence electrons. The third kappa shape index (κ3) is 0.459. The highest BCUT2D eigenvalue weighted by molar-refractivity contribution is 5.18. The molecule has 5 N–H and O–H groups in total. The summed E-state index contributed by atoms with van der Waals surface area (Å²) in [6, 6.07) is -0.201. The summed E-state index contributed by atoms with van der Waals surface area (Å²) in [5.41, 5.74) is 10.1. The van der Waals surface area contributed by atoms with Gasteiger partial charge in [-0.25, -0.2) is 0 Å². The summed E-state index contributed by atoms with van der Waals surface area (Å²) < 4.78 is 0. The summed E-state index contributed by atoms with van der Waals surface area (Å²) in [5.74, 6) is 0. The molecule has 0 saturated heterocycles. The molecule has 3 unspecified atom stereocenters. The molecule has 1 aliphatic carbocycles. The van der Waals surface area contributed by atoms with Gasteiger partial charge in [0.15, 0.2) is 0 Å². The Morgan fingerprint density at radius 3 is 1.86 bits per heavy atom. The van der Waals surface area contributed by atoms with Crippen LogP contribution in [0.5, 0.6) is 0 Å². The van der Waals surface area contributed by atoms with E-state index >= 15 is 0 Å². The van der Waals surface area contributed by atoms with Crippen molar-refractivity contribution in [3.05, 3.63) is 0 Å². The van der Waals surface area contributed by atoms with E-state index in [4.69, 9.17) is 16.6 Å². The first-order chi connectivity index (χ1) is 3.07. The van der Waals surface area contributed by atoms with E-state index in [1.54, 1.807) is 6.92 Å². The van der Waals surface area contributed by atoms with Gasteiger partial charge < -0.3 is 16.6 Å². The molecule has 0 radical (unpaired) electrons. The summed E-state index contributed by atoms with van der Waals surface area (Å²) in [7, 11) is 0. The topological polar surface area (TPSA) is 72.3 Å². The van der Waals surface area contributed by atoms with Crippen molar-refractivity contribution >= 4 is 0 Å². The normalized spacial score (nSPS) is 60.0. The van der Waals surface area contributed by atoms with Crippen molar-refractivity contribution in [2.75, 3.05) is 0 Å². The average Bonchev–Trinajstić information content (AvgIpc) is 1.91. The second-order valence-electron chi connectivity index (χ2n) is 2.34. The van der Waals surface area contributed by atoms with E-state index in [9.17, 15) is 0 Å². The first kappa shape index (κ1) is 5.03. The first-order valence-corrected chi connectivity index (χ1v) is 2.29. The van der Waals surface area contributed by atoms with Crippen LogP contribution < -0.4 is 11.5 Å². The number of nitrogens with two attached hydrogens (primary N) is 2. The minimum atomic E-state index is -0.500. The Labute approximate surface area is 42.3 Å². The van der Waals surface area contributed by atoms with Gasteiger partial charge in [0.1, 0.15) is 0 Å². The van der Waals surface area contributed by atoms with Crippen LogP contribution in [0.25, 0.3) is 0 Å². The zero-order chi connectivity index (χ0) is 5.65. The minimum Gasteiger partial charge on any atom is -0.389 e. The Hall–Kier alpha value is -0.120. The van der Waals surface area contributed by atoms with Crippen molar-refractivity contribution in [2.45, 2.75) is 24.6 Å². The van der Waals surface area contributed by atoms with Gasteiger partial charge in [0, 0.05) is 0 Å². The molecule has 0 amide bonds. The smallest absolute Gasteiger partial charge is 0.0902 e. The quantitative estimate of drug-likeness (QED) is 0.345. The first-order valence-electron chi connectivity index (χ1n) is 2.29. The Balaban J connectivity index is 2.52. The fourth-order valence-corrected chi connectivity index (χ4v) is 0.542. The molecule has 0 heterocycles. The van der Waals surface area contributed by atoms with E-state index in [0.717, 1.165) is 0 Å². The van der Waals surface area contributed by atoms with Crippen LogP contribution in [0.3, 0.4) is 0 Å². The molecule has 0 aromatic heterocycles. The third-order valence-electron chi connectivity index (χ3n) is 1.59. The van der Waals surface area contributed by atoms with Crippen molar-refractivity contribution in [2.24, 2.45) is 11.5 Å². The lowest BCUT2D eigenvalue weighted by Gasteiger charge is -1.93. The van der Waals surface area contributed by atoms with Gasteiger partial charge in [-0.1, -0.05) is 0 Å². The van der Waals surface area contributed by atoms with Gasteiger partial charge in [-0.2, -0.15) is 0 Å². The van der Waals surface area contributed by atoms with Crippen molar-refractivity contribution in [3.8, 4) is 0 Å². The van der Waals surface area contributed by atoms with Crippen LogP contribution in [-0.2, 0) is 0 Å². The predicted octanol–water partition coefficient (Wildman–Crippen LogP) is -1.59. The molecule has 7 heavy (non-hydrogen) atoms. The van der Waals surface area contributed by atoms with Gasteiger partial charge in [0.25, 0.3) is 0 Å². The Kier molecular flexibility index (Phi) is 0.712. The monoisotopic (exact) mass is 102 g/mol. The number of hydrogen-bond donors (Lipinski definition) is 3. The van der Waals surface area contributed by atoms with Crippen LogP contribution in [0.1, 0.15) is 6.92 Å². The molecule has 3 nitrogen and oxygen atoms in total. The summed E-state index contributed by atoms with van der Waals surface area (Å²) in [4.78, 5) is 0. The zero-order valence-electron chi connectivity index (χ0n) is 4.26. The molecular formula is C4H10N2O. The van der Waals surface area contributed by atoms with E-state index < -0.39 is 11.6 Å². The minimum absolute atomic E-state index is 0.201. The number of aliphatic hydroxyl groups is 1. The lowest BCUT2D eigenvalue weighted by atomic mass is 10.3. The van der Waals surface area contributed by atoms with Gasteiger partial charge in [-0.3, -0.25) is 0 Å². The molecule has 0 aliphatic heterocycles. The number of rotatable bonds is 0. The molecule has 1 fully saturated rings. The number of hydrogen-bond acceptors (Lipinski definition) is 3. The second-order valence-corrected chi connectivity index (χ2v) is 2.34. The maximum atomic E-state index is 8.71. The van der Waals surface area contributed by atoms with E-state index in [0.29, 0.717) is 0 Å².